The first kappa shape index (κ1) is 18.7. The van der Waals surface area contributed by atoms with E-state index in [1.165, 1.54) is 0 Å². The Kier molecular flexibility index (Phi) is 5.31. The van der Waals surface area contributed by atoms with Crippen molar-refractivity contribution in [3.05, 3.63) is 69.5 Å². The number of pyridine rings is 1. The van der Waals surface area contributed by atoms with Crippen molar-refractivity contribution in [2.45, 2.75) is 26.7 Å². The molecule has 0 saturated heterocycles. The molecule has 3 aromatic rings. The minimum Gasteiger partial charge on any atom is -0.378 e. The number of benzene rings is 2. The number of aromatic nitrogens is 1. The maximum absolute atomic E-state index is 12.3. The number of amides is 1. The maximum atomic E-state index is 12.3. The summed E-state index contributed by atoms with van der Waals surface area (Å²) in [5.74, 6) is -0.104. The molecule has 140 valence electrons. The van der Waals surface area contributed by atoms with Gasteiger partial charge in [-0.3, -0.25) is 9.59 Å². The van der Waals surface area contributed by atoms with E-state index in [1.807, 2.05) is 69.2 Å². The van der Waals surface area contributed by atoms with E-state index in [9.17, 15) is 9.59 Å². The summed E-state index contributed by atoms with van der Waals surface area (Å²) in [4.78, 5) is 29.5. The van der Waals surface area contributed by atoms with E-state index in [1.54, 1.807) is 0 Å². The highest BCUT2D eigenvalue weighted by Gasteiger charge is 2.09. The number of H-pyrrole nitrogens is 1. The number of hydrogen-bond donors (Lipinski definition) is 2. The van der Waals surface area contributed by atoms with Crippen LogP contribution in [-0.4, -0.2) is 25.0 Å². The standard InChI is InChI=1S/C22H25N3O2/c1-14-11-15(2)19-13-16(22(27)24-20(19)12-14)5-10-21(26)23-17-6-8-18(9-7-17)25(3)4/h6-9,11-13H,5,10H2,1-4H3,(H,23,26)(H,24,27). The van der Waals surface area contributed by atoms with Crippen molar-refractivity contribution >= 4 is 28.2 Å². The first-order chi connectivity index (χ1) is 12.8. The van der Waals surface area contributed by atoms with Crippen LogP contribution in [0.3, 0.4) is 0 Å². The molecule has 3 rings (SSSR count). The van der Waals surface area contributed by atoms with E-state index in [4.69, 9.17) is 0 Å². The van der Waals surface area contributed by atoms with Crippen LogP contribution in [0.2, 0.25) is 0 Å². The average molecular weight is 363 g/mol. The molecule has 27 heavy (non-hydrogen) atoms. The summed E-state index contributed by atoms with van der Waals surface area (Å²) >= 11 is 0. The first-order valence-corrected chi connectivity index (χ1v) is 9.04. The van der Waals surface area contributed by atoms with E-state index in [0.29, 0.717) is 12.0 Å². The lowest BCUT2D eigenvalue weighted by Gasteiger charge is -2.13. The van der Waals surface area contributed by atoms with E-state index in [-0.39, 0.29) is 17.9 Å². The third kappa shape index (κ3) is 4.37. The van der Waals surface area contributed by atoms with Gasteiger partial charge in [-0.25, -0.2) is 0 Å². The van der Waals surface area contributed by atoms with E-state index in [2.05, 4.69) is 16.4 Å². The van der Waals surface area contributed by atoms with E-state index >= 15 is 0 Å². The van der Waals surface area contributed by atoms with Gasteiger partial charge in [0.05, 0.1) is 0 Å². The fourth-order valence-electron chi connectivity index (χ4n) is 3.22. The van der Waals surface area contributed by atoms with Crippen molar-refractivity contribution < 1.29 is 4.79 Å². The second-order valence-corrected chi connectivity index (χ2v) is 7.16. The Balaban J connectivity index is 1.69. The van der Waals surface area contributed by atoms with Gasteiger partial charge < -0.3 is 15.2 Å². The highest BCUT2D eigenvalue weighted by atomic mass is 16.1. The first-order valence-electron chi connectivity index (χ1n) is 9.04. The van der Waals surface area contributed by atoms with Gasteiger partial charge in [-0.1, -0.05) is 6.07 Å². The Morgan fingerprint density at radius 2 is 1.78 bits per heavy atom. The lowest BCUT2D eigenvalue weighted by atomic mass is 10.0. The molecule has 1 heterocycles. The monoisotopic (exact) mass is 363 g/mol. The van der Waals surface area contributed by atoms with Gasteiger partial charge in [-0.05, 0) is 67.8 Å². The van der Waals surface area contributed by atoms with Gasteiger partial charge >= 0.3 is 0 Å². The van der Waals surface area contributed by atoms with Gasteiger partial charge in [0.1, 0.15) is 0 Å². The molecule has 0 atom stereocenters. The van der Waals surface area contributed by atoms with Crippen LogP contribution in [0, 0.1) is 13.8 Å². The normalized spacial score (nSPS) is 10.8. The van der Waals surface area contributed by atoms with Gasteiger partial charge in [0, 0.05) is 48.4 Å². The topological polar surface area (TPSA) is 65.2 Å². The van der Waals surface area contributed by atoms with Gasteiger partial charge in [-0.15, -0.1) is 0 Å². The minimum absolute atomic E-state index is 0.104. The van der Waals surface area contributed by atoms with Gasteiger partial charge in [0.15, 0.2) is 0 Å². The maximum Gasteiger partial charge on any atom is 0.251 e. The van der Waals surface area contributed by atoms with Crippen molar-refractivity contribution in [3.63, 3.8) is 0 Å². The Labute approximate surface area is 159 Å². The molecule has 0 saturated carbocycles. The molecule has 0 aliphatic rings. The molecule has 2 aromatic carbocycles. The fourth-order valence-corrected chi connectivity index (χ4v) is 3.22. The van der Waals surface area contributed by atoms with Crippen LogP contribution in [0.5, 0.6) is 0 Å². The molecule has 0 radical (unpaired) electrons. The van der Waals surface area contributed by atoms with Crippen LogP contribution < -0.4 is 15.8 Å². The van der Waals surface area contributed by atoms with Crippen LogP contribution in [0.25, 0.3) is 10.9 Å². The Morgan fingerprint density at radius 1 is 1.07 bits per heavy atom. The zero-order chi connectivity index (χ0) is 19.6. The van der Waals surface area contributed by atoms with Crippen LogP contribution >= 0.6 is 0 Å². The summed E-state index contributed by atoms with van der Waals surface area (Å²) in [5.41, 5.74) is 5.40. The summed E-state index contributed by atoms with van der Waals surface area (Å²) in [6.45, 7) is 4.04. The number of nitrogens with zero attached hydrogens (tertiary/aromatic N) is 1. The van der Waals surface area contributed by atoms with Gasteiger partial charge in [0.25, 0.3) is 5.56 Å². The van der Waals surface area contributed by atoms with Crippen molar-refractivity contribution in [3.8, 4) is 0 Å². The molecule has 0 fully saturated rings. The molecule has 1 aromatic heterocycles. The number of aryl methyl sites for hydroxylation is 3. The molecule has 5 heteroatoms. The smallest absolute Gasteiger partial charge is 0.251 e. The Bertz CT molecular complexity index is 1030. The molecular weight excluding hydrogens is 338 g/mol. The van der Waals surface area contributed by atoms with Crippen molar-refractivity contribution in [1.82, 2.24) is 4.98 Å². The largest absolute Gasteiger partial charge is 0.378 e. The van der Waals surface area contributed by atoms with Crippen molar-refractivity contribution in [2.75, 3.05) is 24.3 Å². The van der Waals surface area contributed by atoms with Gasteiger partial charge in [-0.2, -0.15) is 0 Å². The van der Waals surface area contributed by atoms with Crippen molar-refractivity contribution in [2.24, 2.45) is 0 Å². The number of aromatic amines is 1. The fraction of sp³-hybridized carbons (Fsp3) is 0.273. The number of carbonyl (C=O) groups is 1. The predicted octanol–water partition coefficient (Wildman–Crippen LogP) is 3.78. The Morgan fingerprint density at radius 3 is 2.44 bits per heavy atom. The third-order valence-electron chi connectivity index (χ3n) is 4.68. The SMILES string of the molecule is Cc1cc(C)c2cc(CCC(=O)Nc3ccc(N(C)C)cc3)c(=O)[nH]c2c1. The summed E-state index contributed by atoms with van der Waals surface area (Å²) in [6.07, 6.45) is 0.662. The van der Waals surface area contributed by atoms with Crippen LogP contribution in [-0.2, 0) is 11.2 Å². The molecular formula is C22H25N3O2. The minimum atomic E-state index is -0.129. The highest BCUT2D eigenvalue weighted by molar-refractivity contribution is 5.91. The second kappa shape index (κ2) is 7.66. The molecule has 1 amide bonds. The quantitative estimate of drug-likeness (QED) is 0.725. The summed E-state index contributed by atoms with van der Waals surface area (Å²) < 4.78 is 0. The third-order valence-corrected chi connectivity index (χ3v) is 4.68. The van der Waals surface area contributed by atoms with Gasteiger partial charge in [0.2, 0.25) is 5.91 Å². The lowest BCUT2D eigenvalue weighted by molar-refractivity contribution is -0.116. The number of fused-ring (bicyclic) bond motifs is 1. The molecule has 0 aliphatic heterocycles. The molecule has 5 nitrogen and oxygen atoms in total. The highest BCUT2D eigenvalue weighted by Crippen LogP contribution is 2.19. The van der Waals surface area contributed by atoms with Crippen LogP contribution in [0.1, 0.15) is 23.1 Å². The zero-order valence-electron chi connectivity index (χ0n) is 16.2. The number of hydrogen-bond acceptors (Lipinski definition) is 3. The number of rotatable bonds is 5. The molecule has 0 aliphatic carbocycles. The van der Waals surface area contributed by atoms with E-state index < -0.39 is 0 Å². The summed E-state index contributed by atoms with van der Waals surface area (Å²) in [6, 6.07) is 13.6. The molecule has 2 N–H and O–H groups in total. The molecule has 0 bridgehead atoms. The summed E-state index contributed by atoms with van der Waals surface area (Å²) in [5, 5.41) is 3.91. The van der Waals surface area contributed by atoms with Crippen LogP contribution in [0.4, 0.5) is 11.4 Å². The number of anilines is 2. The number of nitrogens with one attached hydrogen (secondary N) is 2. The van der Waals surface area contributed by atoms with Crippen LogP contribution in [0.15, 0.2) is 47.3 Å². The lowest BCUT2D eigenvalue weighted by Crippen LogP contribution is -2.17. The molecule has 0 unspecified atom stereocenters. The summed E-state index contributed by atoms with van der Waals surface area (Å²) in [7, 11) is 3.94. The second-order valence-electron chi connectivity index (χ2n) is 7.16. The van der Waals surface area contributed by atoms with E-state index in [0.717, 1.165) is 33.4 Å². The molecule has 0 spiro atoms. The Hall–Kier alpha value is -3.08. The number of carbonyl (C=O) groups excluding carboxylic acids is 1. The predicted molar refractivity (Wildman–Crippen MR) is 112 cm³/mol. The average Bonchev–Trinajstić information content (AvgIpc) is 2.60. The van der Waals surface area contributed by atoms with Crippen molar-refractivity contribution in [1.29, 1.82) is 0 Å². The zero-order valence-corrected chi connectivity index (χ0v) is 16.2.